The second kappa shape index (κ2) is 8.09. The zero-order valence-corrected chi connectivity index (χ0v) is 18.5. The van der Waals surface area contributed by atoms with Crippen LogP contribution in [0, 0.1) is 0 Å². The molecular weight excluding hydrogens is 416 g/mol. The van der Waals surface area contributed by atoms with E-state index in [1.807, 2.05) is 48.5 Å². The van der Waals surface area contributed by atoms with Gasteiger partial charge in [0.25, 0.3) is 0 Å². The second-order valence-corrected chi connectivity index (χ2v) is 7.92. The third-order valence-corrected chi connectivity index (χ3v) is 5.92. The molecule has 7 heteroatoms. The maximum absolute atomic E-state index is 13.1. The van der Waals surface area contributed by atoms with Crippen LogP contribution in [0.1, 0.15) is 36.5 Å². The number of esters is 1. The molecule has 1 aliphatic heterocycles. The Bertz CT molecular complexity index is 1430. The normalized spacial score (nSPS) is 15.4. The maximum Gasteiger partial charge on any atom is 0.340 e. The van der Waals surface area contributed by atoms with E-state index in [0.717, 1.165) is 23.0 Å². The number of ether oxygens (including phenoxy) is 2. The molecule has 4 N–H and O–H groups in total. The van der Waals surface area contributed by atoms with E-state index < -0.39 is 11.9 Å². The van der Waals surface area contributed by atoms with Crippen molar-refractivity contribution in [3.05, 3.63) is 82.7 Å². The van der Waals surface area contributed by atoms with Gasteiger partial charge >= 0.3 is 5.97 Å². The van der Waals surface area contributed by atoms with Gasteiger partial charge < -0.3 is 20.9 Å². The zero-order valence-electron chi connectivity index (χ0n) is 18.5. The first kappa shape index (κ1) is 20.8. The number of carbonyl (C=O) groups excluding carboxylic acids is 1. The summed E-state index contributed by atoms with van der Waals surface area (Å²) < 4.78 is 11.3. The van der Waals surface area contributed by atoms with Gasteiger partial charge in [0.05, 0.1) is 40.3 Å². The molecule has 7 nitrogen and oxygen atoms in total. The number of anilines is 1. The molecule has 4 aromatic rings. The highest BCUT2D eigenvalue weighted by molar-refractivity contribution is 5.98. The van der Waals surface area contributed by atoms with E-state index in [2.05, 4.69) is 6.92 Å². The van der Waals surface area contributed by atoms with Crippen LogP contribution in [0.25, 0.3) is 22.1 Å². The Balaban J connectivity index is 1.85. The second-order valence-electron chi connectivity index (χ2n) is 7.92. The standard InChI is InChI=1S/C26H24N4O3/c1-3-14-9-11-15(12-10-14)20-21-23-19(29-17-7-5-6-8-18(17)30-23)13-16(27)24(21)33-25(28)22(20)26(31)32-4-2/h5-13,20H,3-4,27-28H2,1-2H3. The SMILES string of the molecule is CCOC(=O)C1=C(N)Oc2c(N)cc3nc4ccccc4nc3c2C1c1ccc(CC)cc1. The average Bonchev–Trinajstić information content (AvgIpc) is 2.82. The Morgan fingerprint density at radius 1 is 1.00 bits per heavy atom. The highest BCUT2D eigenvalue weighted by Crippen LogP contribution is 2.48. The van der Waals surface area contributed by atoms with Gasteiger partial charge in [-0.15, -0.1) is 0 Å². The van der Waals surface area contributed by atoms with Crippen molar-refractivity contribution in [3.8, 4) is 5.75 Å². The van der Waals surface area contributed by atoms with Crippen LogP contribution in [0.3, 0.4) is 0 Å². The Morgan fingerprint density at radius 2 is 1.70 bits per heavy atom. The number of aryl methyl sites for hydroxylation is 1. The molecular formula is C26H24N4O3. The highest BCUT2D eigenvalue weighted by Gasteiger charge is 2.38. The predicted octanol–water partition coefficient (Wildman–Crippen LogP) is 4.19. The minimum atomic E-state index is -0.569. The number of benzene rings is 3. The van der Waals surface area contributed by atoms with E-state index in [1.54, 1.807) is 13.0 Å². The summed E-state index contributed by atoms with van der Waals surface area (Å²) in [4.78, 5) is 22.7. The lowest BCUT2D eigenvalue weighted by atomic mass is 9.81. The summed E-state index contributed by atoms with van der Waals surface area (Å²) >= 11 is 0. The van der Waals surface area contributed by atoms with Gasteiger partial charge in [-0.05, 0) is 42.7 Å². The third kappa shape index (κ3) is 3.42. The minimum Gasteiger partial charge on any atom is -0.462 e. The van der Waals surface area contributed by atoms with E-state index >= 15 is 0 Å². The molecule has 0 saturated heterocycles. The van der Waals surface area contributed by atoms with E-state index in [1.165, 1.54) is 5.56 Å². The molecule has 0 fully saturated rings. The Hall–Kier alpha value is -4.13. The molecule has 1 aromatic heterocycles. The average molecular weight is 441 g/mol. The van der Waals surface area contributed by atoms with Crippen molar-refractivity contribution >= 4 is 33.7 Å². The van der Waals surface area contributed by atoms with Gasteiger partial charge in [0, 0.05) is 5.56 Å². The number of aromatic nitrogens is 2. The molecule has 0 saturated carbocycles. The minimum absolute atomic E-state index is 0.0229. The van der Waals surface area contributed by atoms with E-state index in [0.29, 0.717) is 28.0 Å². The number of hydrogen-bond donors (Lipinski definition) is 2. The fraction of sp³-hybridized carbons (Fsp3) is 0.192. The first-order valence-electron chi connectivity index (χ1n) is 10.9. The largest absolute Gasteiger partial charge is 0.462 e. The predicted molar refractivity (Wildman–Crippen MR) is 128 cm³/mol. The van der Waals surface area contributed by atoms with Crippen LogP contribution < -0.4 is 16.2 Å². The summed E-state index contributed by atoms with van der Waals surface area (Å²) in [5.74, 6) is -0.734. The van der Waals surface area contributed by atoms with Gasteiger partial charge in [-0.2, -0.15) is 0 Å². The molecule has 3 aromatic carbocycles. The molecule has 1 aliphatic rings. The molecule has 0 spiro atoms. The lowest BCUT2D eigenvalue weighted by Gasteiger charge is -2.30. The van der Waals surface area contributed by atoms with Gasteiger partial charge in [-0.25, -0.2) is 14.8 Å². The number of fused-ring (bicyclic) bond motifs is 4. The van der Waals surface area contributed by atoms with Gasteiger partial charge in [-0.1, -0.05) is 43.3 Å². The molecule has 0 bridgehead atoms. The Kier molecular flexibility index (Phi) is 5.09. The lowest BCUT2D eigenvalue weighted by Crippen LogP contribution is -2.28. The molecule has 0 radical (unpaired) electrons. The van der Waals surface area contributed by atoms with E-state index in [-0.39, 0.29) is 18.1 Å². The van der Waals surface area contributed by atoms with Crippen LogP contribution in [0.15, 0.2) is 66.1 Å². The zero-order chi connectivity index (χ0) is 23.1. The van der Waals surface area contributed by atoms with Crippen molar-refractivity contribution in [3.63, 3.8) is 0 Å². The Morgan fingerprint density at radius 3 is 2.36 bits per heavy atom. The van der Waals surface area contributed by atoms with Gasteiger partial charge in [0.2, 0.25) is 5.88 Å². The number of nitrogens with two attached hydrogens (primary N) is 2. The molecule has 1 unspecified atom stereocenters. The molecule has 166 valence electrons. The molecule has 0 aliphatic carbocycles. The first-order chi connectivity index (χ1) is 16.0. The summed E-state index contributed by atoms with van der Waals surface area (Å²) in [7, 11) is 0. The van der Waals surface area contributed by atoms with Crippen LogP contribution in [-0.4, -0.2) is 22.5 Å². The third-order valence-electron chi connectivity index (χ3n) is 5.92. The summed E-state index contributed by atoms with van der Waals surface area (Å²) in [6, 6.07) is 17.4. The molecule has 5 rings (SSSR count). The number of carbonyl (C=O) groups is 1. The van der Waals surface area contributed by atoms with Crippen molar-refractivity contribution in [2.24, 2.45) is 5.73 Å². The summed E-state index contributed by atoms with van der Waals surface area (Å²) in [5, 5.41) is 0. The monoisotopic (exact) mass is 440 g/mol. The van der Waals surface area contributed by atoms with Crippen LogP contribution >= 0.6 is 0 Å². The van der Waals surface area contributed by atoms with Crippen molar-refractivity contribution in [2.75, 3.05) is 12.3 Å². The smallest absolute Gasteiger partial charge is 0.340 e. The van der Waals surface area contributed by atoms with Crippen molar-refractivity contribution in [1.29, 1.82) is 0 Å². The van der Waals surface area contributed by atoms with Crippen molar-refractivity contribution < 1.29 is 14.3 Å². The maximum atomic E-state index is 13.1. The number of nitrogen functional groups attached to an aromatic ring is 1. The van der Waals surface area contributed by atoms with Gasteiger partial charge in [0.15, 0.2) is 5.75 Å². The van der Waals surface area contributed by atoms with Crippen molar-refractivity contribution in [1.82, 2.24) is 9.97 Å². The number of nitrogens with zero attached hydrogens (tertiary/aromatic N) is 2. The van der Waals surface area contributed by atoms with E-state index in [9.17, 15) is 4.79 Å². The summed E-state index contributed by atoms with van der Waals surface area (Å²) in [5.41, 5.74) is 18.7. The summed E-state index contributed by atoms with van der Waals surface area (Å²) in [6.45, 7) is 4.06. The molecule has 2 heterocycles. The van der Waals surface area contributed by atoms with E-state index in [4.69, 9.17) is 30.9 Å². The topological polar surface area (TPSA) is 113 Å². The fourth-order valence-electron chi connectivity index (χ4n) is 4.33. The van der Waals surface area contributed by atoms with Crippen LogP contribution in [-0.2, 0) is 16.0 Å². The van der Waals surface area contributed by atoms with Crippen LogP contribution in [0.4, 0.5) is 5.69 Å². The molecule has 0 amide bonds. The van der Waals surface area contributed by atoms with Gasteiger partial charge in [0.1, 0.15) is 5.57 Å². The number of rotatable bonds is 4. The van der Waals surface area contributed by atoms with Gasteiger partial charge in [-0.3, -0.25) is 0 Å². The van der Waals surface area contributed by atoms with Crippen LogP contribution in [0.2, 0.25) is 0 Å². The molecule has 33 heavy (non-hydrogen) atoms. The molecule has 1 atom stereocenters. The summed E-state index contributed by atoms with van der Waals surface area (Å²) in [6.07, 6.45) is 0.903. The highest BCUT2D eigenvalue weighted by atomic mass is 16.5. The fourth-order valence-corrected chi connectivity index (χ4v) is 4.33. The van der Waals surface area contributed by atoms with Crippen molar-refractivity contribution in [2.45, 2.75) is 26.2 Å². The lowest BCUT2D eigenvalue weighted by molar-refractivity contribution is -0.139. The van der Waals surface area contributed by atoms with Crippen LogP contribution in [0.5, 0.6) is 5.75 Å². The number of para-hydroxylation sites is 2. The quantitative estimate of drug-likeness (QED) is 0.278. The Labute approximate surface area is 191 Å². The number of hydrogen-bond acceptors (Lipinski definition) is 7. The first-order valence-corrected chi connectivity index (χ1v) is 10.9.